The van der Waals surface area contributed by atoms with Gasteiger partial charge < -0.3 is 0 Å². The maximum Gasteiger partial charge on any atom is 0.109 e. The highest BCUT2D eigenvalue weighted by Gasteiger charge is 2.16. The molecule has 0 aliphatic heterocycles. The van der Waals surface area contributed by atoms with E-state index >= 15 is 0 Å². The summed E-state index contributed by atoms with van der Waals surface area (Å²) >= 11 is 0. The van der Waals surface area contributed by atoms with E-state index in [-0.39, 0.29) is 5.83 Å². The highest BCUT2D eigenvalue weighted by atomic mass is 28.3. The van der Waals surface area contributed by atoms with Gasteiger partial charge in [-0.25, -0.2) is 4.39 Å². The van der Waals surface area contributed by atoms with Crippen LogP contribution in [-0.2, 0) is 0 Å². The molecule has 2 aromatic rings. The molecule has 0 N–H and O–H groups in total. The van der Waals surface area contributed by atoms with Gasteiger partial charge in [-0.1, -0.05) is 77.6 Å². The lowest BCUT2D eigenvalue weighted by atomic mass is 10.4. The van der Waals surface area contributed by atoms with Crippen molar-refractivity contribution in [2.24, 2.45) is 0 Å². The van der Waals surface area contributed by atoms with Crippen LogP contribution in [0.5, 0.6) is 0 Å². The maximum absolute atomic E-state index is 13.2. The molecule has 0 bridgehead atoms. The Labute approximate surface area is 103 Å². The first kappa shape index (κ1) is 11.8. The quantitative estimate of drug-likeness (QED) is 0.723. The summed E-state index contributed by atoms with van der Waals surface area (Å²) in [5.74, 6) is -0.214. The van der Waals surface area contributed by atoms with Crippen LogP contribution in [0.2, 0.25) is 6.04 Å². The third-order valence-electron chi connectivity index (χ3n) is 2.83. The van der Waals surface area contributed by atoms with E-state index in [4.69, 9.17) is 0 Å². The molecule has 86 valence electrons. The molecule has 0 saturated heterocycles. The van der Waals surface area contributed by atoms with E-state index in [0.29, 0.717) is 6.04 Å². The van der Waals surface area contributed by atoms with Crippen LogP contribution in [0.1, 0.15) is 0 Å². The van der Waals surface area contributed by atoms with Crippen molar-refractivity contribution in [3.05, 3.63) is 73.1 Å². The molecule has 0 nitrogen and oxygen atoms in total. The molecule has 2 aromatic carbocycles. The first-order valence-electron chi connectivity index (χ1n) is 5.70. The molecule has 17 heavy (non-hydrogen) atoms. The summed E-state index contributed by atoms with van der Waals surface area (Å²) in [5, 5.41) is 2.52. The minimum Gasteiger partial charge on any atom is -0.213 e. The van der Waals surface area contributed by atoms with Crippen molar-refractivity contribution < 1.29 is 4.39 Å². The van der Waals surface area contributed by atoms with E-state index in [1.54, 1.807) is 0 Å². The SMILES string of the molecule is C=C(F)C[SiH](c1ccccc1)c1ccccc1. The van der Waals surface area contributed by atoms with Crippen LogP contribution < -0.4 is 10.4 Å². The fraction of sp³-hybridized carbons (Fsp3) is 0.0667. The van der Waals surface area contributed by atoms with Crippen LogP contribution in [0.3, 0.4) is 0 Å². The summed E-state index contributed by atoms with van der Waals surface area (Å²) in [6, 6.07) is 20.9. The molecule has 0 aliphatic carbocycles. The van der Waals surface area contributed by atoms with E-state index in [0.717, 1.165) is 0 Å². The van der Waals surface area contributed by atoms with E-state index in [2.05, 4.69) is 30.8 Å². The fourth-order valence-corrected chi connectivity index (χ4v) is 4.69. The lowest BCUT2D eigenvalue weighted by Crippen LogP contribution is -2.41. The highest BCUT2D eigenvalue weighted by molar-refractivity contribution is 6.85. The van der Waals surface area contributed by atoms with Crippen LogP contribution >= 0.6 is 0 Å². The largest absolute Gasteiger partial charge is 0.213 e. The molecule has 0 aromatic heterocycles. The Balaban J connectivity index is 2.36. The Morgan fingerprint density at radius 3 is 1.65 bits per heavy atom. The predicted molar refractivity (Wildman–Crippen MR) is 74.4 cm³/mol. The number of hydrogen-bond donors (Lipinski definition) is 0. The highest BCUT2D eigenvalue weighted by Crippen LogP contribution is 2.06. The van der Waals surface area contributed by atoms with Gasteiger partial charge in [-0.15, -0.1) is 0 Å². The topological polar surface area (TPSA) is 0 Å². The molecule has 0 amide bonds. The fourth-order valence-electron chi connectivity index (χ4n) is 2.02. The molecule has 0 spiro atoms. The Hall–Kier alpha value is -1.67. The van der Waals surface area contributed by atoms with Gasteiger partial charge in [0.2, 0.25) is 0 Å². The number of hydrogen-bond acceptors (Lipinski definition) is 0. The molecule has 0 heterocycles. The third-order valence-corrected chi connectivity index (χ3v) is 6.06. The molecule has 0 fully saturated rings. The first-order valence-corrected chi connectivity index (χ1v) is 7.67. The predicted octanol–water partition coefficient (Wildman–Crippen LogP) is 2.51. The average Bonchev–Trinajstić information content (AvgIpc) is 2.38. The lowest BCUT2D eigenvalue weighted by molar-refractivity contribution is 0.643. The average molecular weight is 242 g/mol. The second-order valence-corrected chi connectivity index (χ2v) is 6.94. The van der Waals surface area contributed by atoms with Crippen molar-refractivity contribution in [1.82, 2.24) is 0 Å². The van der Waals surface area contributed by atoms with E-state index in [1.807, 2.05) is 36.4 Å². The van der Waals surface area contributed by atoms with Crippen molar-refractivity contribution in [3.8, 4) is 0 Å². The molecule has 0 unspecified atom stereocenters. The van der Waals surface area contributed by atoms with Crippen molar-refractivity contribution in [3.63, 3.8) is 0 Å². The zero-order chi connectivity index (χ0) is 12.1. The summed E-state index contributed by atoms with van der Waals surface area (Å²) in [5.41, 5.74) is 0. The monoisotopic (exact) mass is 242 g/mol. The van der Waals surface area contributed by atoms with Gasteiger partial charge in [-0.3, -0.25) is 0 Å². The standard InChI is InChI=1S/C15H15FSi/c1-13(16)12-17(14-8-4-2-5-9-14)15-10-6-3-7-11-15/h2-11,17H,1,12H2. The maximum atomic E-state index is 13.2. The molecule has 2 heteroatoms. The van der Waals surface area contributed by atoms with Gasteiger partial charge in [0.1, 0.15) is 8.80 Å². The van der Waals surface area contributed by atoms with Crippen LogP contribution in [0, 0.1) is 0 Å². The molecular weight excluding hydrogens is 227 g/mol. The minimum atomic E-state index is -1.48. The van der Waals surface area contributed by atoms with E-state index in [9.17, 15) is 4.39 Å². The second kappa shape index (κ2) is 5.59. The lowest BCUT2D eigenvalue weighted by Gasteiger charge is -2.15. The Kier molecular flexibility index (Phi) is 3.88. The molecule has 2 rings (SSSR count). The smallest absolute Gasteiger partial charge is 0.109 e. The van der Waals surface area contributed by atoms with Gasteiger partial charge >= 0.3 is 0 Å². The van der Waals surface area contributed by atoms with Crippen molar-refractivity contribution in [1.29, 1.82) is 0 Å². The zero-order valence-electron chi connectivity index (χ0n) is 9.64. The Morgan fingerprint density at radius 1 is 0.882 bits per heavy atom. The summed E-state index contributed by atoms with van der Waals surface area (Å²) in [4.78, 5) is 0. The summed E-state index contributed by atoms with van der Waals surface area (Å²) in [6.07, 6.45) is 0. The van der Waals surface area contributed by atoms with Gasteiger partial charge in [0, 0.05) is 0 Å². The van der Waals surface area contributed by atoms with Crippen LogP contribution in [0.15, 0.2) is 73.1 Å². The molecule has 0 aliphatic rings. The van der Waals surface area contributed by atoms with Gasteiger partial charge in [0.05, 0.1) is 5.83 Å². The first-order chi connectivity index (χ1) is 8.27. The Bertz CT molecular complexity index is 439. The van der Waals surface area contributed by atoms with Crippen LogP contribution in [-0.4, -0.2) is 8.80 Å². The minimum absolute atomic E-state index is 0.214. The number of rotatable bonds is 4. The summed E-state index contributed by atoms with van der Waals surface area (Å²) < 4.78 is 13.2. The number of allylic oxidation sites excluding steroid dienone is 1. The third kappa shape index (κ3) is 3.14. The second-order valence-electron chi connectivity index (χ2n) is 4.10. The van der Waals surface area contributed by atoms with Crippen molar-refractivity contribution in [2.45, 2.75) is 6.04 Å². The van der Waals surface area contributed by atoms with E-state index < -0.39 is 8.80 Å². The van der Waals surface area contributed by atoms with Gasteiger partial charge in [0.25, 0.3) is 0 Å². The molecule has 0 atom stereocenters. The Morgan fingerprint density at radius 2 is 1.29 bits per heavy atom. The number of benzene rings is 2. The summed E-state index contributed by atoms with van der Waals surface area (Å²) in [6.45, 7) is 3.41. The molecular formula is C15H15FSi. The van der Waals surface area contributed by atoms with Crippen LogP contribution in [0.4, 0.5) is 4.39 Å². The van der Waals surface area contributed by atoms with E-state index in [1.165, 1.54) is 10.4 Å². The molecule has 0 radical (unpaired) electrons. The summed E-state index contributed by atoms with van der Waals surface area (Å²) in [7, 11) is -1.48. The zero-order valence-corrected chi connectivity index (χ0v) is 10.8. The van der Waals surface area contributed by atoms with Crippen molar-refractivity contribution in [2.75, 3.05) is 0 Å². The van der Waals surface area contributed by atoms with Gasteiger partial charge in [-0.2, -0.15) is 0 Å². The number of halogens is 1. The van der Waals surface area contributed by atoms with Gasteiger partial charge in [-0.05, 0) is 6.04 Å². The normalized spacial score (nSPS) is 10.5. The van der Waals surface area contributed by atoms with Crippen LogP contribution in [0.25, 0.3) is 0 Å². The van der Waals surface area contributed by atoms with Crippen molar-refractivity contribution >= 4 is 19.2 Å². The van der Waals surface area contributed by atoms with Gasteiger partial charge in [0.15, 0.2) is 0 Å². The molecule has 0 saturated carbocycles.